The number of carbonyl (C=O) groups excluding carboxylic acids is 2. The molecule has 0 spiro atoms. The lowest BCUT2D eigenvalue weighted by molar-refractivity contribution is -0.215. The van der Waals surface area contributed by atoms with Gasteiger partial charge in [-0.05, 0) is 74.1 Å². The Morgan fingerprint density at radius 3 is 2.71 bits per heavy atom. The van der Waals surface area contributed by atoms with Gasteiger partial charge in [-0.1, -0.05) is 33.8 Å². The number of esters is 1. The number of aliphatic hydroxyl groups excluding tert-OH is 1. The fraction of sp³-hybridized carbons (Fsp3) is 0.742. The minimum Gasteiger partial charge on any atom is -0.479 e. The topological polar surface area (TPSA) is 106 Å². The summed E-state index contributed by atoms with van der Waals surface area (Å²) in [6.45, 7) is 10.8. The smallest absolute Gasteiger partial charge is 0.479 e. The van der Waals surface area contributed by atoms with Gasteiger partial charge in [-0.2, -0.15) is 0 Å². The van der Waals surface area contributed by atoms with E-state index in [2.05, 4.69) is 32.6 Å². The lowest BCUT2D eigenvalue weighted by Gasteiger charge is -2.62. The van der Waals surface area contributed by atoms with Gasteiger partial charge in [0.05, 0.1) is 12.7 Å². The molecule has 1 saturated heterocycles. The SMILES string of the molecule is CC1C(O)C(C)(CN2CCC2)CC(OC(=O)COc2ccc3c(c2F)B(O)OC3)C2(C)C(C)CCC13CCC(=O)C32. The number of fused-ring (bicyclic) bond motifs is 1. The van der Waals surface area contributed by atoms with E-state index in [0.717, 1.165) is 38.8 Å². The molecule has 0 radical (unpaired) electrons. The van der Waals surface area contributed by atoms with Gasteiger partial charge < -0.3 is 29.2 Å². The lowest BCUT2D eigenvalue weighted by Crippen LogP contribution is -2.65. The van der Waals surface area contributed by atoms with E-state index in [1.807, 2.05) is 0 Å². The summed E-state index contributed by atoms with van der Waals surface area (Å²) in [4.78, 5) is 29.4. The molecule has 2 N–H and O–H groups in total. The van der Waals surface area contributed by atoms with Gasteiger partial charge >= 0.3 is 13.1 Å². The summed E-state index contributed by atoms with van der Waals surface area (Å²) in [6.07, 6.45) is 3.32. The molecular formula is C31H43BFNO7. The maximum absolute atomic E-state index is 15.1. The van der Waals surface area contributed by atoms with Crippen LogP contribution in [0, 0.1) is 39.8 Å². The molecule has 8 nitrogen and oxygen atoms in total. The van der Waals surface area contributed by atoms with Crippen LogP contribution in [0.1, 0.15) is 71.8 Å². The number of ketones is 1. The molecule has 6 rings (SSSR count). The molecule has 1 aromatic carbocycles. The van der Waals surface area contributed by atoms with E-state index in [1.54, 1.807) is 6.07 Å². The number of rotatable bonds is 6. The minimum atomic E-state index is -1.37. The molecule has 0 aromatic heterocycles. The van der Waals surface area contributed by atoms with Gasteiger partial charge in [0.1, 0.15) is 11.9 Å². The largest absolute Gasteiger partial charge is 0.494 e. The molecule has 8 atom stereocenters. The van der Waals surface area contributed by atoms with Crippen LogP contribution in [-0.2, 0) is 25.6 Å². The predicted molar refractivity (Wildman–Crippen MR) is 150 cm³/mol. The second-order valence-electron chi connectivity index (χ2n) is 14.0. The third kappa shape index (κ3) is 4.47. The number of hydrogen-bond acceptors (Lipinski definition) is 8. The summed E-state index contributed by atoms with van der Waals surface area (Å²) < 4.78 is 32.0. The Bertz CT molecular complexity index is 1230. The van der Waals surface area contributed by atoms with Crippen LogP contribution in [-0.4, -0.2) is 72.4 Å². The number of likely N-dealkylation sites (tertiary alicyclic amines) is 1. The predicted octanol–water partition coefficient (Wildman–Crippen LogP) is 2.85. The first-order chi connectivity index (χ1) is 19.4. The van der Waals surface area contributed by atoms with Gasteiger partial charge in [0, 0.05) is 35.2 Å². The van der Waals surface area contributed by atoms with Crippen molar-refractivity contribution in [2.24, 2.45) is 34.0 Å². The van der Waals surface area contributed by atoms with Crippen molar-refractivity contribution in [2.75, 3.05) is 26.2 Å². The molecule has 3 aliphatic carbocycles. The maximum atomic E-state index is 15.1. The quantitative estimate of drug-likeness (QED) is 0.397. The minimum absolute atomic E-state index is 0.0281. The molecule has 10 heteroatoms. The van der Waals surface area contributed by atoms with Gasteiger partial charge in [0.2, 0.25) is 0 Å². The normalized spacial score (nSPS) is 40.3. The molecule has 4 fully saturated rings. The highest BCUT2D eigenvalue weighted by atomic mass is 19.1. The van der Waals surface area contributed by atoms with E-state index in [4.69, 9.17) is 14.1 Å². The van der Waals surface area contributed by atoms with Crippen molar-refractivity contribution in [2.45, 2.75) is 85.0 Å². The number of nitrogens with zero attached hydrogens (tertiary/aromatic N) is 1. The van der Waals surface area contributed by atoms with E-state index >= 15 is 4.39 Å². The van der Waals surface area contributed by atoms with Gasteiger partial charge in [0.15, 0.2) is 18.2 Å². The molecule has 224 valence electrons. The first-order valence-corrected chi connectivity index (χ1v) is 15.3. The van der Waals surface area contributed by atoms with E-state index in [-0.39, 0.29) is 46.8 Å². The summed E-state index contributed by atoms with van der Waals surface area (Å²) in [5, 5.41) is 22.0. The number of aliphatic hydroxyl groups is 1. The molecule has 41 heavy (non-hydrogen) atoms. The van der Waals surface area contributed by atoms with Gasteiger partial charge in [-0.3, -0.25) is 4.79 Å². The maximum Gasteiger partial charge on any atom is 0.494 e. The average molecular weight is 571 g/mol. The summed E-state index contributed by atoms with van der Waals surface area (Å²) in [5.41, 5.74) is -0.910. The van der Waals surface area contributed by atoms with Crippen molar-refractivity contribution in [3.63, 3.8) is 0 Å². The highest BCUT2D eigenvalue weighted by molar-refractivity contribution is 6.61. The van der Waals surface area contributed by atoms with Crippen LogP contribution in [0.25, 0.3) is 0 Å². The monoisotopic (exact) mass is 571 g/mol. The summed E-state index contributed by atoms with van der Waals surface area (Å²) >= 11 is 0. The standard InChI is InChI=1S/C31H43BFNO7/c1-18-8-10-31-11-9-21(35)27(31)30(18,4)23(14-29(3,28(37)19(31)2)17-34-12-5-13-34)41-24(36)16-39-22-7-6-20-15-40-32(38)25(20)26(22)33/h6-7,18-19,23,27-28,37-38H,5,8-17H2,1-4H3. The highest BCUT2D eigenvalue weighted by Gasteiger charge is 2.68. The van der Waals surface area contributed by atoms with Crippen molar-refractivity contribution < 1.29 is 38.2 Å². The van der Waals surface area contributed by atoms with Crippen LogP contribution >= 0.6 is 0 Å². The first kappa shape index (κ1) is 29.1. The Morgan fingerprint density at radius 2 is 2.00 bits per heavy atom. The Labute approximate surface area is 242 Å². The first-order valence-electron chi connectivity index (χ1n) is 15.3. The average Bonchev–Trinajstić information content (AvgIpc) is 3.47. The van der Waals surface area contributed by atoms with E-state index in [1.165, 1.54) is 6.07 Å². The van der Waals surface area contributed by atoms with E-state index in [9.17, 15) is 19.7 Å². The zero-order valence-corrected chi connectivity index (χ0v) is 24.7. The Hall–Kier alpha value is -2.01. The summed E-state index contributed by atoms with van der Waals surface area (Å²) in [7, 11) is -1.37. The molecule has 1 aromatic rings. The fourth-order valence-corrected chi connectivity index (χ4v) is 9.26. The fourth-order valence-electron chi connectivity index (χ4n) is 9.26. The molecule has 2 bridgehead atoms. The van der Waals surface area contributed by atoms with Crippen LogP contribution in [0.5, 0.6) is 5.75 Å². The molecular weight excluding hydrogens is 528 g/mol. The highest BCUT2D eigenvalue weighted by Crippen LogP contribution is 2.68. The third-order valence-corrected chi connectivity index (χ3v) is 11.9. The van der Waals surface area contributed by atoms with Crippen LogP contribution in [0.4, 0.5) is 4.39 Å². The molecule has 8 unspecified atom stereocenters. The number of hydrogen-bond donors (Lipinski definition) is 2. The number of carbonyl (C=O) groups is 2. The second kappa shape index (κ2) is 10.3. The number of ether oxygens (including phenoxy) is 2. The van der Waals surface area contributed by atoms with E-state index in [0.29, 0.717) is 24.9 Å². The summed E-state index contributed by atoms with van der Waals surface area (Å²) in [6, 6.07) is 3.04. The second-order valence-corrected chi connectivity index (χ2v) is 14.0. The van der Waals surface area contributed by atoms with Crippen molar-refractivity contribution in [3.8, 4) is 5.75 Å². The molecule has 2 heterocycles. The lowest BCUT2D eigenvalue weighted by atomic mass is 9.44. The Kier molecular flexibility index (Phi) is 7.32. The number of Topliss-reactive ketones (excluding diaryl/α,β-unsaturated/α-hetero) is 1. The van der Waals surface area contributed by atoms with Crippen molar-refractivity contribution in [1.29, 1.82) is 0 Å². The third-order valence-electron chi connectivity index (χ3n) is 11.9. The zero-order valence-electron chi connectivity index (χ0n) is 24.7. The summed E-state index contributed by atoms with van der Waals surface area (Å²) in [5.74, 6) is -1.56. The Balaban J connectivity index is 1.30. The number of halogens is 1. The van der Waals surface area contributed by atoms with Crippen LogP contribution in [0.3, 0.4) is 0 Å². The molecule has 3 saturated carbocycles. The van der Waals surface area contributed by atoms with Crippen LogP contribution < -0.4 is 10.2 Å². The molecule has 0 amide bonds. The van der Waals surface area contributed by atoms with E-state index < -0.39 is 48.5 Å². The Morgan fingerprint density at radius 1 is 1.24 bits per heavy atom. The van der Waals surface area contributed by atoms with Gasteiger partial charge in [-0.15, -0.1) is 0 Å². The van der Waals surface area contributed by atoms with Gasteiger partial charge in [-0.25, -0.2) is 9.18 Å². The molecule has 5 aliphatic rings. The van der Waals surface area contributed by atoms with Crippen LogP contribution in [0.2, 0.25) is 0 Å². The van der Waals surface area contributed by atoms with Crippen LogP contribution in [0.15, 0.2) is 12.1 Å². The van der Waals surface area contributed by atoms with Gasteiger partial charge in [0.25, 0.3) is 0 Å². The van der Waals surface area contributed by atoms with Crippen molar-refractivity contribution in [3.05, 3.63) is 23.5 Å². The molecule has 2 aliphatic heterocycles. The zero-order chi connectivity index (χ0) is 29.3. The van der Waals surface area contributed by atoms with Crippen molar-refractivity contribution in [1.82, 2.24) is 4.90 Å². The number of benzene rings is 1. The van der Waals surface area contributed by atoms with Crippen molar-refractivity contribution >= 4 is 24.3 Å².